The molecule has 102 valence electrons. The van der Waals surface area contributed by atoms with Crippen LogP contribution < -0.4 is 5.56 Å². The van der Waals surface area contributed by atoms with Crippen LogP contribution in [-0.4, -0.2) is 14.1 Å². The number of para-hydroxylation sites is 1. The second-order valence-electron chi connectivity index (χ2n) is 5.10. The van der Waals surface area contributed by atoms with Gasteiger partial charge in [0.05, 0.1) is 5.39 Å². The molecule has 0 fully saturated rings. The molecule has 3 rings (SSSR count). The lowest BCUT2D eigenvalue weighted by Crippen LogP contribution is -2.20. The van der Waals surface area contributed by atoms with Gasteiger partial charge in [0.2, 0.25) is 0 Å². The fourth-order valence-electron chi connectivity index (χ4n) is 2.58. The fraction of sp³-hybridized carbons (Fsp3) is 0.250. The average Bonchev–Trinajstić information content (AvgIpc) is 2.69. The van der Waals surface area contributed by atoms with Gasteiger partial charge in [0.15, 0.2) is 5.65 Å². The highest BCUT2D eigenvalue weighted by Crippen LogP contribution is 2.25. The van der Waals surface area contributed by atoms with Crippen LogP contribution in [0.1, 0.15) is 17.1 Å². The first-order chi connectivity index (χ1) is 9.52. The zero-order valence-electron chi connectivity index (χ0n) is 12.1. The number of aryl methyl sites for hydroxylation is 2. The van der Waals surface area contributed by atoms with Crippen LogP contribution in [0.25, 0.3) is 16.7 Å². The summed E-state index contributed by atoms with van der Waals surface area (Å²) in [4.78, 5) is 17.1. The molecule has 0 saturated heterocycles. The molecule has 0 aliphatic rings. The number of hydrogen-bond donors (Lipinski definition) is 0. The molecule has 0 saturated carbocycles. The molecule has 0 aliphatic heterocycles. The maximum atomic E-state index is 12.5. The Bertz CT molecular complexity index is 857. The number of benzene rings is 1. The van der Waals surface area contributed by atoms with Gasteiger partial charge in [0.25, 0.3) is 5.56 Å². The van der Waals surface area contributed by atoms with E-state index in [2.05, 4.69) is 9.55 Å². The van der Waals surface area contributed by atoms with E-state index in [1.807, 2.05) is 51.1 Å². The Morgan fingerprint density at radius 1 is 1.05 bits per heavy atom. The maximum Gasteiger partial charge on any atom is 0.263 e. The van der Waals surface area contributed by atoms with Crippen molar-refractivity contribution in [1.29, 1.82) is 0 Å². The third-order valence-electron chi connectivity index (χ3n) is 3.97. The summed E-state index contributed by atoms with van der Waals surface area (Å²) >= 11 is 0. The van der Waals surface area contributed by atoms with E-state index in [1.54, 1.807) is 11.6 Å². The molecule has 2 heterocycles. The van der Waals surface area contributed by atoms with Gasteiger partial charge in [-0.05, 0) is 38.5 Å². The Morgan fingerprint density at radius 3 is 2.35 bits per heavy atom. The van der Waals surface area contributed by atoms with E-state index in [-0.39, 0.29) is 5.56 Å². The van der Waals surface area contributed by atoms with Gasteiger partial charge in [0.1, 0.15) is 5.82 Å². The lowest BCUT2D eigenvalue weighted by atomic mass is 10.2. The fourth-order valence-corrected chi connectivity index (χ4v) is 2.58. The Balaban J connectivity index is 2.52. The van der Waals surface area contributed by atoms with Crippen molar-refractivity contribution in [2.75, 3.05) is 0 Å². The zero-order valence-corrected chi connectivity index (χ0v) is 12.1. The molecule has 0 aliphatic carbocycles. The van der Waals surface area contributed by atoms with Crippen LogP contribution in [0, 0.1) is 20.8 Å². The number of fused-ring (bicyclic) bond motifs is 1. The Hall–Kier alpha value is -2.36. The number of rotatable bonds is 1. The van der Waals surface area contributed by atoms with Crippen molar-refractivity contribution in [2.45, 2.75) is 20.8 Å². The van der Waals surface area contributed by atoms with Crippen LogP contribution in [-0.2, 0) is 7.05 Å². The van der Waals surface area contributed by atoms with E-state index in [9.17, 15) is 4.79 Å². The third kappa shape index (κ3) is 1.61. The molecular weight excluding hydrogens is 250 g/mol. The minimum absolute atomic E-state index is 0.0165. The summed E-state index contributed by atoms with van der Waals surface area (Å²) in [5.74, 6) is 0.720. The van der Waals surface area contributed by atoms with Crippen molar-refractivity contribution in [1.82, 2.24) is 14.1 Å². The van der Waals surface area contributed by atoms with E-state index in [0.29, 0.717) is 5.39 Å². The average molecular weight is 267 g/mol. The van der Waals surface area contributed by atoms with Crippen molar-refractivity contribution in [3.8, 4) is 5.69 Å². The predicted molar refractivity (Wildman–Crippen MR) is 80.5 cm³/mol. The molecule has 0 N–H and O–H groups in total. The first-order valence-corrected chi connectivity index (χ1v) is 6.63. The highest BCUT2D eigenvalue weighted by Gasteiger charge is 2.18. The summed E-state index contributed by atoms with van der Waals surface area (Å²) in [7, 11) is 1.76. The second-order valence-corrected chi connectivity index (χ2v) is 5.10. The summed E-state index contributed by atoms with van der Waals surface area (Å²) in [6.45, 7) is 5.86. The number of nitrogens with zero attached hydrogens (tertiary/aromatic N) is 3. The molecule has 2 aromatic heterocycles. The largest absolute Gasteiger partial charge is 0.299 e. The number of aromatic nitrogens is 3. The molecule has 0 amide bonds. The normalized spacial score (nSPS) is 11.2. The monoisotopic (exact) mass is 267 g/mol. The first-order valence-electron chi connectivity index (χ1n) is 6.63. The van der Waals surface area contributed by atoms with Gasteiger partial charge in [-0.25, -0.2) is 4.98 Å². The van der Waals surface area contributed by atoms with Crippen molar-refractivity contribution in [3.05, 3.63) is 57.8 Å². The van der Waals surface area contributed by atoms with Crippen molar-refractivity contribution >= 4 is 11.0 Å². The standard InChI is InChI=1S/C16H17N3O/c1-10-11(2)19(13-8-6-5-7-9-13)15-14(10)16(20)18(4)12(3)17-15/h5-9H,1-4H3. The smallest absolute Gasteiger partial charge is 0.263 e. The molecular formula is C16H17N3O. The predicted octanol–water partition coefficient (Wildman–Crippen LogP) is 2.65. The van der Waals surface area contributed by atoms with Crippen molar-refractivity contribution in [2.24, 2.45) is 7.05 Å². The van der Waals surface area contributed by atoms with Gasteiger partial charge in [-0.15, -0.1) is 0 Å². The van der Waals surface area contributed by atoms with E-state index in [1.165, 1.54) is 0 Å². The topological polar surface area (TPSA) is 39.8 Å². The summed E-state index contributed by atoms with van der Waals surface area (Å²) in [5.41, 5.74) is 3.84. The molecule has 0 atom stereocenters. The molecule has 4 nitrogen and oxygen atoms in total. The van der Waals surface area contributed by atoms with Gasteiger partial charge in [-0.3, -0.25) is 13.9 Å². The number of hydrogen-bond acceptors (Lipinski definition) is 2. The van der Waals surface area contributed by atoms with Crippen molar-refractivity contribution < 1.29 is 0 Å². The van der Waals surface area contributed by atoms with Gasteiger partial charge in [-0.2, -0.15) is 0 Å². The van der Waals surface area contributed by atoms with Crippen LogP contribution >= 0.6 is 0 Å². The first kappa shape index (κ1) is 12.7. The third-order valence-corrected chi connectivity index (χ3v) is 3.97. The highest BCUT2D eigenvalue weighted by molar-refractivity contribution is 5.83. The Labute approximate surface area is 117 Å². The van der Waals surface area contributed by atoms with Crippen LogP contribution in [0.15, 0.2) is 35.1 Å². The maximum absolute atomic E-state index is 12.5. The molecule has 0 bridgehead atoms. The van der Waals surface area contributed by atoms with Crippen LogP contribution in [0.4, 0.5) is 0 Å². The van der Waals surface area contributed by atoms with Gasteiger partial charge in [-0.1, -0.05) is 18.2 Å². The lowest BCUT2D eigenvalue weighted by molar-refractivity contribution is 0.788. The van der Waals surface area contributed by atoms with Crippen LogP contribution in [0.5, 0.6) is 0 Å². The molecule has 0 unspecified atom stereocenters. The van der Waals surface area contributed by atoms with E-state index >= 15 is 0 Å². The summed E-state index contributed by atoms with van der Waals surface area (Å²) < 4.78 is 3.66. The highest BCUT2D eigenvalue weighted by atomic mass is 16.1. The second kappa shape index (κ2) is 4.34. The van der Waals surface area contributed by atoms with E-state index in [4.69, 9.17) is 0 Å². The SMILES string of the molecule is Cc1c(C)n(-c2ccccc2)c2nc(C)n(C)c(=O)c12. The molecule has 20 heavy (non-hydrogen) atoms. The Morgan fingerprint density at radius 2 is 1.70 bits per heavy atom. The summed E-state index contributed by atoms with van der Waals surface area (Å²) in [6.07, 6.45) is 0. The molecule has 1 aromatic carbocycles. The van der Waals surface area contributed by atoms with Gasteiger partial charge in [0, 0.05) is 18.4 Å². The molecule has 3 aromatic rings. The minimum Gasteiger partial charge on any atom is -0.299 e. The summed E-state index contributed by atoms with van der Waals surface area (Å²) in [6, 6.07) is 10.0. The Kier molecular flexibility index (Phi) is 2.74. The minimum atomic E-state index is 0.0165. The quantitative estimate of drug-likeness (QED) is 0.680. The summed E-state index contributed by atoms with van der Waals surface area (Å²) in [5, 5.41) is 0.708. The molecule has 0 radical (unpaired) electrons. The van der Waals surface area contributed by atoms with Gasteiger partial charge >= 0.3 is 0 Å². The van der Waals surface area contributed by atoms with Crippen LogP contribution in [0.2, 0.25) is 0 Å². The molecule has 4 heteroatoms. The van der Waals surface area contributed by atoms with E-state index < -0.39 is 0 Å². The van der Waals surface area contributed by atoms with E-state index in [0.717, 1.165) is 28.4 Å². The van der Waals surface area contributed by atoms with Crippen molar-refractivity contribution in [3.63, 3.8) is 0 Å². The molecule has 0 spiro atoms. The lowest BCUT2D eigenvalue weighted by Gasteiger charge is -2.08. The van der Waals surface area contributed by atoms with Crippen LogP contribution in [0.3, 0.4) is 0 Å². The van der Waals surface area contributed by atoms with Gasteiger partial charge < -0.3 is 0 Å². The zero-order chi connectivity index (χ0) is 14.4.